The third-order valence-corrected chi connectivity index (χ3v) is 5.14. The lowest BCUT2D eigenvalue weighted by Gasteiger charge is -2.10. The second kappa shape index (κ2) is 9.68. The van der Waals surface area contributed by atoms with E-state index < -0.39 is 0 Å². The minimum atomic E-state index is 0.177. The van der Waals surface area contributed by atoms with Gasteiger partial charge in [-0.2, -0.15) is 0 Å². The van der Waals surface area contributed by atoms with E-state index in [1.165, 1.54) is 0 Å². The number of para-hydroxylation sites is 1. The first-order valence-corrected chi connectivity index (χ1v) is 9.71. The average Bonchev–Trinajstić information content (AvgIpc) is 2.89. The number of aromatic nitrogens is 1. The molecule has 0 aliphatic carbocycles. The van der Waals surface area contributed by atoms with Gasteiger partial charge in [-0.25, -0.2) is 0 Å². The molecule has 0 aliphatic heterocycles. The highest BCUT2D eigenvalue weighted by Crippen LogP contribution is 2.24. The van der Waals surface area contributed by atoms with Gasteiger partial charge in [0.25, 0.3) is 0 Å². The summed E-state index contributed by atoms with van der Waals surface area (Å²) in [5.74, 6) is 2.32. The third kappa shape index (κ3) is 5.13. The standard InChI is InChI=1S/C20H27NO3S/c1-5-24-20-9-7-6-8-17(20)13-25-14-19(22)18-12-15(2)21(16(18)3)10-11-23-4/h6-9,12H,5,10-11,13-14H2,1-4H3. The van der Waals surface area contributed by atoms with E-state index in [1.54, 1.807) is 18.9 Å². The molecule has 0 bridgehead atoms. The topological polar surface area (TPSA) is 40.5 Å². The molecule has 0 N–H and O–H groups in total. The number of methoxy groups -OCH3 is 1. The fourth-order valence-corrected chi connectivity index (χ4v) is 3.76. The van der Waals surface area contributed by atoms with Crippen LogP contribution in [-0.2, 0) is 17.0 Å². The molecule has 2 rings (SSSR count). The van der Waals surface area contributed by atoms with Crippen LogP contribution in [-0.4, -0.2) is 36.4 Å². The van der Waals surface area contributed by atoms with Crippen molar-refractivity contribution in [1.29, 1.82) is 0 Å². The molecule has 0 atom stereocenters. The average molecular weight is 362 g/mol. The Kier molecular flexibility index (Phi) is 7.59. The van der Waals surface area contributed by atoms with E-state index >= 15 is 0 Å². The van der Waals surface area contributed by atoms with E-state index in [0.717, 1.165) is 40.6 Å². The summed E-state index contributed by atoms with van der Waals surface area (Å²) in [7, 11) is 1.69. The Labute approximate surface area is 154 Å². The fraction of sp³-hybridized carbons (Fsp3) is 0.450. The summed E-state index contributed by atoms with van der Waals surface area (Å²) >= 11 is 1.63. The molecular formula is C20H27NO3S. The number of Topliss-reactive ketones (excluding diaryl/α,β-unsaturated/α-hetero) is 1. The van der Waals surface area contributed by atoms with Crippen LogP contribution >= 0.6 is 11.8 Å². The molecule has 0 saturated heterocycles. The molecule has 1 aromatic carbocycles. The largest absolute Gasteiger partial charge is 0.494 e. The molecular weight excluding hydrogens is 334 g/mol. The van der Waals surface area contributed by atoms with Crippen molar-refractivity contribution in [2.45, 2.75) is 33.1 Å². The van der Waals surface area contributed by atoms with Gasteiger partial charge in [0.15, 0.2) is 5.78 Å². The van der Waals surface area contributed by atoms with Crippen LogP contribution in [0.1, 0.15) is 34.2 Å². The van der Waals surface area contributed by atoms with E-state index in [9.17, 15) is 4.79 Å². The number of ketones is 1. The summed E-state index contributed by atoms with van der Waals surface area (Å²) in [4.78, 5) is 12.6. The quantitative estimate of drug-likeness (QED) is 0.593. The van der Waals surface area contributed by atoms with Crippen LogP contribution in [0.25, 0.3) is 0 Å². The number of rotatable bonds is 10. The Balaban J connectivity index is 1.97. The monoisotopic (exact) mass is 361 g/mol. The fourth-order valence-electron chi connectivity index (χ4n) is 2.86. The van der Waals surface area contributed by atoms with Gasteiger partial charge in [-0.1, -0.05) is 18.2 Å². The smallest absolute Gasteiger partial charge is 0.174 e. The molecule has 25 heavy (non-hydrogen) atoms. The van der Waals surface area contributed by atoms with Crippen molar-refractivity contribution in [3.8, 4) is 5.75 Å². The first kappa shape index (κ1) is 19.6. The van der Waals surface area contributed by atoms with Gasteiger partial charge in [-0.3, -0.25) is 4.79 Å². The van der Waals surface area contributed by atoms with Gasteiger partial charge in [0.1, 0.15) is 5.75 Å². The second-order valence-corrected chi connectivity index (χ2v) is 6.87. The predicted molar refractivity (Wildman–Crippen MR) is 104 cm³/mol. The van der Waals surface area contributed by atoms with Crippen LogP contribution in [0.15, 0.2) is 30.3 Å². The van der Waals surface area contributed by atoms with E-state index in [0.29, 0.717) is 19.0 Å². The van der Waals surface area contributed by atoms with Crippen molar-refractivity contribution in [1.82, 2.24) is 4.57 Å². The molecule has 0 aliphatic rings. The molecule has 1 aromatic heterocycles. The first-order chi connectivity index (χ1) is 12.1. The minimum Gasteiger partial charge on any atom is -0.494 e. The lowest BCUT2D eigenvalue weighted by atomic mass is 10.2. The number of thioether (sulfide) groups is 1. The van der Waals surface area contributed by atoms with Crippen LogP contribution < -0.4 is 4.74 Å². The Morgan fingerprint density at radius 3 is 2.72 bits per heavy atom. The predicted octanol–water partition coefficient (Wildman–Crippen LogP) is 4.27. The molecule has 136 valence electrons. The number of carbonyl (C=O) groups is 1. The van der Waals surface area contributed by atoms with Crippen molar-refractivity contribution in [2.75, 3.05) is 26.1 Å². The van der Waals surface area contributed by atoms with Gasteiger partial charge < -0.3 is 14.0 Å². The highest BCUT2D eigenvalue weighted by atomic mass is 32.2. The van der Waals surface area contributed by atoms with Crippen molar-refractivity contribution in [2.24, 2.45) is 0 Å². The van der Waals surface area contributed by atoms with Crippen LogP contribution in [0, 0.1) is 13.8 Å². The Morgan fingerprint density at radius 1 is 1.24 bits per heavy atom. The van der Waals surface area contributed by atoms with Crippen molar-refractivity contribution >= 4 is 17.5 Å². The number of carbonyl (C=O) groups excluding carboxylic acids is 1. The number of ether oxygens (including phenoxy) is 2. The summed E-state index contributed by atoms with van der Waals surface area (Å²) in [6.07, 6.45) is 0. The lowest BCUT2D eigenvalue weighted by Crippen LogP contribution is -2.09. The molecule has 2 aromatic rings. The van der Waals surface area contributed by atoms with Crippen LogP contribution in [0.5, 0.6) is 5.75 Å². The highest BCUT2D eigenvalue weighted by Gasteiger charge is 2.15. The maximum Gasteiger partial charge on any atom is 0.174 e. The van der Waals surface area contributed by atoms with E-state index in [4.69, 9.17) is 9.47 Å². The summed E-state index contributed by atoms with van der Waals surface area (Å²) < 4.78 is 12.9. The molecule has 0 spiro atoms. The number of aryl methyl sites for hydroxylation is 1. The van der Waals surface area contributed by atoms with E-state index in [2.05, 4.69) is 10.6 Å². The van der Waals surface area contributed by atoms with Gasteiger partial charge in [0, 0.05) is 41.9 Å². The summed E-state index contributed by atoms with van der Waals surface area (Å²) in [6.45, 7) is 8.08. The molecule has 0 saturated carbocycles. The van der Waals surface area contributed by atoms with Gasteiger partial charge in [-0.05, 0) is 32.9 Å². The number of hydrogen-bond acceptors (Lipinski definition) is 4. The minimum absolute atomic E-state index is 0.177. The van der Waals surface area contributed by atoms with Crippen molar-refractivity contribution in [3.63, 3.8) is 0 Å². The molecule has 0 fully saturated rings. The van der Waals surface area contributed by atoms with Crippen LogP contribution in [0.2, 0.25) is 0 Å². The van der Waals surface area contributed by atoms with Crippen LogP contribution in [0.4, 0.5) is 0 Å². The third-order valence-electron chi connectivity index (χ3n) is 4.16. The van der Waals surface area contributed by atoms with Gasteiger partial charge in [0.2, 0.25) is 0 Å². The Hall–Kier alpha value is -1.72. The molecule has 0 radical (unpaired) electrons. The lowest BCUT2D eigenvalue weighted by molar-refractivity contribution is 0.102. The summed E-state index contributed by atoms with van der Waals surface area (Å²) in [5, 5.41) is 0. The maximum absolute atomic E-state index is 12.6. The van der Waals surface area contributed by atoms with Gasteiger partial charge >= 0.3 is 0 Å². The SMILES string of the molecule is CCOc1ccccc1CSCC(=O)c1cc(C)n(CCOC)c1C. The van der Waals surface area contributed by atoms with E-state index in [1.807, 2.05) is 45.0 Å². The zero-order valence-electron chi connectivity index (χ0n) is 15.5. The molecule has 4 nitrogen and oxygen atoms in total. The highest BCUT2D eigenvalue weighted by molar-refractivity contribution is 7.99. The number of benzene rings is 1. The van der Waals surface area contributed by atoms with Crippen molar-refractivity contribution < 1.29 is 14.3 Å². The van der Waals surface area contributed by atoms with E-state index in [-0.39, 0.29) is 5.78 Å². The summed E-state index contributed by atoms with van der Waals surface area (Å²) in [5.41, 5.74) is 4.08. The molecule has 0 amide bonds. The molecule has 1 heterocycles. The zero-order valence-corrected chi connectivity index (χ0v) is 16.3. The molecule has 0 unspecified atom stereocenters. The van der Waals surface area contributed by atoms with Gasteiger partial charge in [-0.15, -0.1) is 11.8 Å². The number of hydrogen-bond donors (Lipinski definition) is 0. The first-order valence-electron chi connectivity index (χ1n) is 8.55. The van der Waals surface area contributed by atoms with Gasteiger partial charge in [0.05, 0.1) is 19.0 Å². The normalized spacial score (nSPS) is 10.9. The maximum atomic E-state index is 12.6. The zero-order chi connectivity index (χ0) is 18.2. The Bertz CT molecular complexity index is 709. The number of nitrogens with zero attached hydrogens (tertiary/aromatic N) is 1. The molecule has 5 heteroatoms. The Morgan fingerprint density at radius 2 is 2.00 bits per heavy atom. The second-order valence-electron chi connectivity index (χ2n) is 5.89. The summed E-state index contributed by atoms with van der Waals surface area (Å²) in [6, 6.07) is 9.99. The van der Waals surface area contributed by atoms with Crippen LogP contribution in [0.3, 0.4) is 0 Å². The van der Waals surface area contributed by atoms with Crippen molar-refractivity contribution in [3.05, 3.63) is 52.8 Å².